The van der Waals surface area contributed by atoms with Crippen LogP contribution in [0.4, 0.5) is 0 Å². The van der Waals surface area contributed by atoms with Gasteiger partial charge in [-0.05, 0) is 36.2 Å². The summed E-state index contributed by atoms with van der Waals surface area (Å²) in [4.78, 5) is 4.87. The number of rotatable bonds is 1. The van der Waals surface area contributed by atoms with E-state index in [9.17, 15) is 0 Å². The number of aromatic nitrogens is 1. The van der Waals surface area contributed by atoms with Gasteiger partial charge >= 0.3 is 0 Å². The van der Waals surface area contributed by atoms with Crippen molar-refractivity contribution >= 4 is 10.9 Å². The molecule has 0 aliphatic heterocycles. The van der Waals surface area contributed by atoms with Crippen LogP contribution < -0.4 is 0 Å². The molecule has 0 bridgehead atoms. The van der Waals surface area contributed by atoms with Crippen LogP contribution in [-0.4, -0.2) is 4.98 Å². The van der Waals surface area contributed by atoms with E-state index in [2.05, 4.69) is 82.3 Å². The van der Waals surface area contributed by atoms with E-state index in [0.717, 1.165) is 11.2 Å². The van der Waals surface area contributed by atoms with Crippen molar-refractivity contribution in [3.63, 3.8) is 0 Å². The molecule has 1 nitrogen and oxygen atoms in total. The molecule has 0 atom stereocenters. The minimum Gasteiger partial charge on any atom is -0.252 e. The van der Waals surface area contributed by atoms with Crippen LogP contribution in [0.2, 0.25) is 0 Å². The van der Waals surface area contributed by atoms with E-state index in [1.807, 2.05) is 0 Å². The van der Waals surface area contributed by atoms with Gasteiger partial charge < -0.3 is 0 Å². The Morgan fingerprint density at radius 3 is 2.24 bits per heavy atom. The molecule has 0 aliphatic carbocycles. The Hall–Kier alpha value is -2.15. The largest absolute Gasteiger partial charge is 0.252 e. The zero-order valence-electron chi connectivity index (χ0n) is 13.1. The molecule has 0 radical (unpaired) electrons. The SMILES string of the molecule is Cc1ccc2nc(C(C)(C)C)cc(-c3ccccc3)c2c1. The van der Waals surface area contributed by atoms with E-state index in [-0.39, 0.29) is 5.41 Å². The van der Waals surface area contributed by atoms with Crippen LogP contribution in [0.15, 0.2) is 54.6 Å². The molecule has 0 fully saturated rings. The molecule has 0 amide bonds. The first-order chi connectivity index (χ1) is 9.95. The highest BCUT2D eigenvalue weighted by Crippen LogP contribution is 2.32. The molecule has 1 heterocycles. The fraction of sp³-hybridized carbons (Fsp3) is 0.250. The fourth-order valence-corrected chi connectivity index (χ4v) is 2.58. The molecule has 2 aromatic carbocycles. The molecule has 0 spiro atoms. The van der Waals surface area contributed by atoms with E-state index < -0.39 is 0 Å². The minimum absolute atomic E-state index is 0.0443. The molecule has 106 valence electrons. The van der Waals surface area contributed by atoms with Gasteiger partial charge in [0.2, 0.25) is 0 Å². The highest BCUT2D eigenvalue weighted by atomic mass is 14.7. The molecule has 1 aromatic heterocycles. The normalized spacial score (nSPS) is 11.8. The van der Waals surface area contributed by atoms with Crippen LogP contribution in [0.1, 0.15) is 32.0 Å². The molecule has 3 rings (SSSR count). The maximum absolute atomic E-state index is 4.87. The van der Waals surface area contributed by atoms with Crippen LogP contribution in [-0.2, 0) is 5.41 Å². The number of hydrogen-bond acceptors (Lipinski definition) is 1. The molecule has 3 aromatic rings. The van der Waals surface area contributed by atoms with Crippen LogP contribution in [0.25, 0.3) is 22.0 Å². The summed E-state index contributed by atoms with van der Waals surface area (Å²) < 4.78 is 0. The van der Waals surface area contributed by atoms with Gasteiger partial charge in [-0.15, -0.1) is 0 Å². The van der Waals surface area contributed by atoms with E-state index >= 15 is 0 Å². The first-order valence-electron chi connectivity index (χ1n) is 7.42. The smallest absolute Gasteiger partial charge is 0.0711 e. The maximum Gasteiger partial charge on any atom is 0.0711 e. The summed E-state index contributed by atoms with van der Waals surface area (Å²) in [7, 11) is 0. The molecule has 0 saturated carbocycles. The summed E-state index contributed by atoms with van der Waals surface area (Å²) in [6, 6.07) is 19.3. The number of pyridine rings is 1. The van der Waals surface area contributed by atoms with E-state index in [1.165, 1.54) is 22.1 Å². The molecular weight excluding hydrogens is 254 g/mol. The maximum atomic E-state index is 4.87. The Balaban J connectivity index is 2.36. The molecule has 0 saturated heterocycles. The summed E-state index contributed by atoms with van der Waals surface area (Å²) in [6.07, 6.45) is 0. The zero-order valence-corrected chi connectivity index (χ0v) is 13.1. The van der Waals surface area contributed by atoms with Gasteiger partial charge in [0.05, 0.1) is 5.52 Å². The molecule has 0 unspecified atom stereocenters. The molecule has 21 heavy (non-hydrogen) atoms. The van der Waals surface area contributed by atoms with Crippen molar-refractivity contribution in [2.24, 2.45) is 0 Å². The lowest BCUT2D eigenvalue weighted by Gasteiger charge is -2.20. The van der Waals surface area contributed by atoms with E-state index in [1.54, 1.807) is 0 Å². The van der Waals surface area contributed by atoms with Crippen LogP contribution >= 0.6 is 0 Å². The van der Waals surface area contributed by atoms with Gasteiger partial charge in [-0.25, -0.2) is 0 Å². The third-order valence-electron chi connectivity index (χ3n) is 3.82. The molecule has 0 N–H and O–H groups in total. The molecule has 0 aliphatic rings. The van der Waals surface area contributed by atoms with Gasteiger partial charge in [0.1, 0.15) is 0 Å². The number of aryl methyl sites for hydroxylation is 1. The Morgan fingerprint density at radius 1 is 0.857 bits per heavy atom. The number of hydrogen-bond donors (Lipinski definition) is 0. The average Bonchev–Trinajstić information content (AvgIpc) is 2.46. The average molecular weight is 275 g/mol. The van der Waals surface area contributed by atoms with Crippen LogP contribution in [0, 0.1) is 6.92 Å². The summed E-state index contributed by atoms with van der Waals surface area (Å²) in [6.45, 7) is 8.77. The van der Waals surface area contributed by atoms with E-state index in [0.29, 0.717) is 0 Å². The van der Waals surface area contributed by atoms with Crippen molar-refractivity contribution in [2.45, 2.75) is 33.1 Å². The molecular formula is C20H21N. The van der Waals surface area contributed by atoms with Crippen LogP contribution in [0.5, 0.6) is 0 Å². The highest BCUT2D eigenvalue weighted by Gasteiger charge is 2.18. The lowest BCUT2D eigenvalue weighted by atomic mass is 9.88. The van der Waals surface area contributed by atoms with Crippen molar-refractivity contribution < 1.29 is 0 Å². The lowest BCUT2D eigenvalue weighted by Crippen LogP contribution is -2.13. The van der Waals surface area contributed by atoms with Gasteiger partial charge in [0, 0.05) is 16.5 Å². The number of nitrogens with zero attached hydrogens (tertiary/aromatic N) is 1. The zero-order chi connectivity index (χ0) is 15.0. The second kappa shape index (κ2) is 5.00. The third kappa shape index (κ3) is 2.69. The van der Waals surface area contributed by atoms with Gasteiger partial charge in [-0.3, -0.25) is 4.98 Å². The number of fused-ring (bicyclic) bond motifs is 1. The lowest BCUT2D eigenvalue weighted by molar-refractivity contribution is 0.572. The quantitative estimate of drug-likeness (QED) is 0.571. The first kappa shape index (κ1) is 13.8. The third-order valence-corrected chi connectivity index (χ3v) is 3.82. The second-order valence-electron chi connectivity index (χ2n) is 6.69. The van der Waals surface area contributed by atoms with Crippen molar-refractivity contribution in [3.8, 4) is 11.1 Å². The fourth-order valence-electron chi connectivity index (χ4n) is 2.58. The van der Waals surface area contributed by atoms with Gasteiger partial charge in [0.25, 0.3) is 0 Å². The van der Waals surface area contributed by atoms with Crippen LogP contribution in [0.3, 0.4) is 0 Å². The molecule has 1 heteroatoms. The Labute approximate surface area is 126 Å². The minimum atomic E-state index is 0.0443. The first-order valence-corrected chi connectivity index (χ1v) is 7.42. The highest BCUT2D eigenvalue weighted by molar-refractivity contribution is 5.95. The van der Waals surface area contributed by atoms with Crippen molar-refractivity contribution in [3.05, 3.63) is 65.9 Å². The van der Waals surface area contributed by atoms with Gasteiger partial charge in [0.15, 0.2) is 0 Å². The summed E-state index contributed by atoms with van der Waals surface area (Å²) in [5.41, 5.74) is 6.05. The monoisotopic (exact) mass is 275 g/mol. The van der Waals surface area contributed by atoms with Gasteiger partial charge in [-0.1, -0.05) is 62.7 Å². The van der Waals surface area contributed by atoms with Crippen molar-refractivity contribution in [1.82, 2.24) is 4.98 Å². The predicted octanol–water partition coefficient (Wildman–Crippen LogP) is 5.51. The Kier molecular flexibility index (Phi) is 3.29. The standard InChI is InChI=1S/C20H21N/c1-14-10-11-18-17(12-14)16(15-8-6-5-7-9-15)13-19(21-18)20(2,3)4/h5-13H,1-4H3. The predicted molar refractivity (Wildman–Crippen MR) is 90.6 cm³/mol. The summed E-state index contributed by atoms with van der Waals surface area (Å²) in [5, 5.41) is 1.23. The second-order valence-corrected chi connectivity index (χ2v) is 6.69. The summed E-state index contributed by atoms with van der Waals surface area (Å²) in [5.74, 6) is 0. The summed E-state index contributed by atoms with van der Waals surface area (Å²) >= 11 is 0. The number of benzene rings is 2. The van der Waals surface area contributed by atoms with Crippen molar-refractivity contribution in [1.29, 1.82) is 0 Å². The van der Waals surface area contributed by atoms with E-state index in [4.69, 9.17) is 4.98 Å². The van der Waals surface area contributed by atoms with Gasteiger partial charge in [-0.2, -0.15) is 0 Å². The topological polar surface area (TPSA) is 12.9 Å². The Morgan fingerprint density at radius 2 is 1.57 bits per heavy atom. The Bertz CT molecular complexity index is 780. The van der Waals surface area contributed by atoms with Crippen molar-refractivity contribution in [2.75, 3.05) is 0 Å².